The highest BCUT2D eigenvalue weighted by Gasteiger charge is 2.08. The summed E-state index contributed by atoms with van der Waals surface area (Å²) in [5.41, 5.74) is 4.69. The molecular formula is C16H18N2O3. The van der Waals surface area contributed by atoms with Gasteiger partial charge in [0.2, 0.25) is 0 Å². The first-order valence-corrected chi connectivity index (χ1v) is 6.58. The predicted molar refractivity (Wildman–Crippen MR) is 81.8 cm³/mol. The summed E-state index contributed by atoms with van der Waals surface area (Å²) in [6.07, 6.45) is 1.83. The summed E-state index contributed by atoms with van der Waals surface area (Å²) in [7, 11) is 1.55. The molecule has 0 saturated carbocycles. The van der Waals surface area contributed by atoms with Crippen molar-refractivity contribution in [1.29, 1.82) is 0 Å². The normalized spacial score (nSPS) is 10.2. The molecule has 1 aromatic carbocycles. The molecule has 0 bridgehead atoms. The largest absolute Gasteiger partial charge is 0.495 e. The van der Waals surface area contributed by atoms with Crippen LogP contribution in [-0.4, -0.2) is 29.7 Å². The Morgan fingerprint density at radius 1 is 1.29 bits per heavy atom. The van der Waals surface area contributed by atoms with Gasteiger partial charge in [-0.2, -0.15) is 0 Å². The number of aryl methyl sites for hydroxylation is 2. The van der Waals surface area contributed by atoms with Gasteiger partial charge in [-0.15, -0.1) is 0 Å². The molecule has 110 valence electrons. The fourth-order valence-electron chi connectivity index (χ4n) is 1.96. The Bertz CT molecular complexity index is 669. The van der Waals surface area contributed by atoms with E-state index in [2.05, 4.69) is 10.3 Å². The van der Waals surface area contributed by atoms with E-state index in [0.717, 1.165) is 22.4 Å². The van der Waals surface area contributed by atoms with Gasteiger partial charge in [-0.3, -0.25) is 9.78 Å². The van der Waals surface area contributed by atoms with E-state index >= 15 is 0 Å². The summed E-state index contributed by atoms with van der Waals surface area (Å²) in [6.45, 7) is 3.88. The van der Waals surface area contributed by atoms with E-state index in [1.54, 1.807) is 13.2 Å². The summed E-state index contributed by atoms with van der Waals surface area (Å²) < 4.78 is 5.24. The van der Waals surface area contributed by atoms with Gasteiger partial charge < -0.3 is 15.2 Å². The summed E-state index contributed by atoms with van der Waals surface area (Å²) in [5.74, 6) is -0.324. The quantitative estimate of drug-likeness (QED) is 0.884. The Balaban J connectivity index is 2.38. The topological polar surface area (TPSA) is 71.5 Å². The van der Waals surface area contributed by atoms with Gasteiger partial charge in [-0.05, 0) is 49.2 Å². The van der Waals surface area contributed by atoms with Crippen LogP contribution in [0.4, 0.5) is 5.69 Å². The van der Waals surface area contributed by atoms with Crippen LogP contribution in [0, 0.1) is 13.8 Å². The highest BCUT2D eigenvalue weighted by molar-refractivity contribution is 5.76. The molecule has 2 aromatic rings. The van der Waals surface area contributed by atoms with Gasteiger partial charge in [0.15, 0.2) is 0 Å². The molecular weight excluding hydrogens is 268 g/mol. The molecule has 5 nitrogen and oxygen atoms in total. The first-order chi connectivity index (χ1) is 10.0. The maximum atomic E-state index is 10.7. The Hall–Kier alpha value is -2.56. The second kappa shape index (κ2) is 6.26. The molecule has 1 heterocycles. The van der Waals surface area contributed by atoms with Gasteiger partial charge in [-0.1, -0.05) is 0 Å². The molecule has 0 aliphatic carbocycles. The molecule has 5 heteroatoms. The molecule has 0 aliphatic rings. The number of carboxylic acids is 1. The molecule has 0 atom stereocenters. The standard InChI is InChI=1S/C16H18N2O3/c1-10-6-13(17-8-11(10)2)12-4-5-15(21-3)14(7-12)18-9-16(19)20/h4-8,18H,9H2,1-3H3,(H,19,20). The molecule has 0 radical (unpaired) electrons. The number of aromatic nitrogens is 1. The highest BCUT2D eigenvalue weighted by atomic mass is 16.5. The Morgan fingerprint density at radius 3 is 2.67 bits per heavy atom. The molecule has 0 aliphatic heterocycles. The number of pyridine rings is 1. The predicted octanol–water partition coefficient (Wildman–Crippen LogP) is 2.87. The number of carbonyl (C=O) groups is 1. The molecule has 0 amide bonds. The zero-order chi connectivity index (χ0) is 15.4. The smallest absolute Gasteiger partial charge is 0.322 e. The van der Waals surface area contributed by atoms with Crippen molar-refractivity contribution in [2.45, 2.75) is 13.8 Å². The Morgan fingerprint density at radius 2 is 2.05 bits per heavy atom. The van der Waals surface area contributed by atoms with E-state index < -0.39 is 5.97 Å². The van der Waals surface area contributed by atoms with E-state index in [-0.39, 0.29) is 6.54 Å². The zero-order valence-electron chi connectivity index (χ0n) is 12.3. The maximum absolute atomic E-state index is 10.7. The summed E-state index contributed by atoms with van der Waals surface area (Å²) in [4.78, 5) is 15.1. The number of rotatable bonds is 5. The van der Waals surface area contributed by atoms with Crippen LogP contribution in [0.15, 0.2) is 30.5 Å². The molecule has 0 spiro atoms. The van der Waals surface area contributed by atoms with Crippen LogP contribution in [0.1, 0.15) is 11.1 Å². The zero-order valence-corrected chi connectivity index (χ0v) is 12.3. The number of nitrogens with zero attached hydrogens (tertiary/aromatic N) is 1. The molecule has 2 N–H and O–H groups in total. The average Bonchev–Trinajstić information content (AvgIpc) is 2.47. The van der Waals surface area contributed by atoms with Crippen molar-refractivity contribution in [3.05, 3.63) is 41.6 Å². The minimum absolute atomic E-state index is 0.167. The van der Waals surface area contributed by atoms with Crippen molar-refractivity contribution < 1.29 is 14.6 Å². The first-order valence-electron chi connectivity index (χ1n) is 6.58. The fraction of sp³-hybridized carbons (Fsp3) is 0.250. The van der Waals surface area contributed by atoms with Crippen LogP contribution in [-0.2, 0) is 4.79 Å². The van der Waals surface area contributed by atoms with Crippen molar-refractivity contribution in [2.24, 2.45) is 0 Å². The SMILES string of the molecule is COc1ccc(-c2cc(C)c(C)cn2)cc1NCC(=O)O. The minimum Gasteiger partial charge on any atom is -0.495 e. The Kier molecular flexibility index (Phi) is 4.42. The molecule has 0 unspecified atom stereocenters. The molecule has 2 rings (SSSR count). The number of carboxylic acid groups (broad SMARTS) is 1. The van der Waals surface area contributed by atoms with E-state index in [1.165, 1.54) is 0 Å². The monoisotopic (exact) mass is 286 g/mol. The number of aliphatic carboxylic acids is 1. The summed E-state index contributed by atoms with van der Waals surface area (Å²) in [6, 6.07) is 7.56. The first kappa shape index (κ1) is 14.8. The van der Waals surface area contributed by atoms with Crippen LogP contribution in [0.3, 0.4) is 0 Å². The van der Waals surface area contributed by atoms with Crippen molar-refractivity contribution in [1.82, 2.24) is 4.98 Å². The van der Waals surface area contributed by atoms with Crippen LogP contribution >= 0.6 is 0 Å². The van der Waals surface area contributed by atoms with Crippen molar-refractivity contribution in [2.75, 3.05) is 19.0 Å². The van der Waals surface area contributed by atoms with Gasteiger partial charge in [0.1, 0.15) is 12.3 Å². The van der Waals surface area contributed by atoms with E-state index in [9.17, 15) is 4.79 Å². The van der Waals surface area contributed by atoms with E-state index in [4.69, 9.17) is 9.84 Å². The molecule has 1 aromatic heterocycles. The number of ether oxygens (including phenoxy) is 1. The lowest BCUT2D eigenvalue weighted by molar-refractivity contribution is -0.134. The van der Waals surface area contributed by atoms with Gasteiger partial charge in [0.25, 0.3) is 0 Å². The average molecular weight is 286 g/mol. The number of nitrogens with one attached hydrogen (secondary N) is 1. The minimum atomic E-state index is -0.924. The second-order valence-electron chi connectivity index (χ2n) is 4.82. The second-order valence-corrected chi connectivity index (χ2v) is 4.82. The van der Waals surface area contributed by atoms with Crippen molar-refractivity contribution in [3.63, 3.8) is 0 Å². The lowest BCUT2D eigenvalue weighted by atomic mass is 10.1. The van der Waals surface area contributed by atoms with Crippen LogP contribution < -0.4 is 10.1 Å². The number of hydrogen-bond donors (Lipinski definition) is 2. The number of anilines is 1. The van der Waals surface area contributed by atoms with Gasteiger partial charge in [0.05, 0.1) is 18.5 Å². The third kappa shape index (κ3) is 3.51. The van der Waals surface area contributed by atoms with Crippen molar-refractivity contribution >= 4 is 11.7 Å². The van der Waals surface area contributed by atoms with Gasteiger partial charge in [0, 0.05) is 11.8 Å². The van der Waals surface area contributed by atoms with E-state index in [1.807, 2.05) is 38.2 Å². The maximum Gasteiger partial charge on any atom is 0.322 e. The van der Waals surface area contributed by atoms with Crippen LogP contribution in [0.5, 0.6) is 5.75 Å². The van der Waals surface area contributed by atoms with E-state index in [0.29, 0.717) is 11.4 Å². The van der Waals surface area contributed by atoms with Gasteiger partial charge >= 0.3 is 5.97 Å². The lowest BCUT2D eigenvalue weighted by Crippen LogP contribution is -2.13. The number of benzene rings is 1. The third-order valence-electron chi connectivity index (χ3n) is 3.30. The van der Waals surface area contributed by atoms with Gasteiger partial charge in [-0.25, -0.2) is 0 Å². The summed E-state index contributed by atoms with van der Waals surface area (Å²) >= 11 is 0. The molecule has 0 saturated heterocycles. The third-order valence-corrected chi connectivity index (χ3v) is 3.30. The summed E-state index contributed by atoms with van der Waals surface area (Å²) in [5, 5.41) is 11.6. The number of hydrogen-bond acceptors (Lipinski definition) is 4. The highest BCUT2D eigenvalue weighted by Crippen LogP contribution is 2.30. The van der Waals surface area contributed by atoms with Crippen molar-refractivity contribution in [3.8, 4) is 17.0 Å². The molecule has 21 heavy (non-hydrogen) atoms. The lowest BCUT2D eigenvalue weighted by Gasteiger charge is -2.12. The Labute approximate surface area is 123 Å². The van der Waals surface area contributed by atoms with Crippen LogP contribution in [0.25, 0.3) is 11.3 Å². The molecule has 0 fully saturated rings. The fourth-order valence-corrected chi connectivity index (χ4v) is 1.96. The number of methoxy groups -OCH3 is 1. The van der Waals surface area contributed by atoms with Crippen LogP contribution in [0.2, 0.25) is 0 Å².